The number of primary amides is 1. The molecule has 5 heteroatoms. The van der Waals surface area contributed by atoms with E-state index >= 15 is 0 Å². The van der Waals surface area contributed by atoms with Crippen molar-refractivity contribution in [1.29, 1.82) is 0 Å². The molecular formula is C5H7BrN2OS. The molecule has 1 rings (SSSR count). The Bertz CT molecular complexity index is 173. The van der Waals surface area contributed by atoms with Crippen molar-refractivity contribution in [3.8, 4) is 0 Å². The third kappa shape index (κ3) is 1.67. The summed E-state index contributed by atoms with van der Waals surface area (Å²) in [5.41, 5.74) is 5.01. The number of hydrogen-bond acceptors (Lipinski definition) is 2. The Morgan fingerprint density at radius 3 is 3.00 bits per heavy atom. The molecule has 3 nitrogen and oxygen atoms in total. The average molecular weight is 223 g/mol. The SMILES string of the molecule is NC(=O)N(Br)C1C=CSC1. The first-order valence-electron chi connectivity index (χ1n) is 2.74. The van der Waals surface area contributed by atoms with E-state index in [1.807, 2.05) is 11.5 Å². The van der Waals surface area contributed by atoms with Gasteiger partial charge in [0, 0.05) is 5.75 Å². The lowest BCUT2D eigenvalue weighted by molar-refractivity contribution is 0.233. The van der Waals surface area contributed by atoms with Gasteiger partial charge in [-0.05, 0) is 5.41 Å². The van der Waals surface area contributed by atoms with Gasteiger partial charge in [0.15, 0.2) is 0 Å². The van der Waals surface area contributed by atoms with Crippen LogP contribution in [0.15, 0.2) is 11.5 Å². The minimum Gasteiger partial charge on any atom is -0.351 e. The average Bonchev–Trinajstić information content (AvgIpc) is 2.36. The highest BCUT2D eigenvalue weighted by Crippen LogP contribution is 2.21. The zero-order chi connectivity index (χ0) is 7.56. The van der Waals surface area contributed by atoms with E-state index in [0.717, 1.165) is 5.75 Å². The number of thioether (sulfide) groups is 1. The number of amides is 2. The first kappa shape index (κ1) is 7.94. The Hall–Kier alpha value is -0.160. The van der Waals surface area contributed by atoms with Crippen LogP contribution < -0.4 is 5.73 Å². The van der Waals surface area contributed by atoms with E-state index < -0.39 is 6.03 Å². The lowest BCUT2D eigenvalue weighted by Gasteiger charge is -2.16. The molecule has 0 bridgehead atoms. The molecule has 1 unspecified atom stereocenters. The highest BCUT2D eigenvalue weighted by Gasteiger charge is 2.19. The van der Waals surface area contributed by atoms with Gasteiger partial charge in [-0.25, -0.2) is 4.79 Å². The van der Waals surface area contributed by atoms with Crippen LogP contribution in [0.1, 0.15) is 0 Å². The second-order valence-corrected chi connectivity index (χ2v) is 3.58. The number of urea groups is 1. The fraction of sp³-hybridized carbons (Fsp3) is 0.400. The largest absolute Gasteiger partial charge is 0.351 e. The molecule has 0 saturated heterocycles. The standard InChI is InChI=1S/C5H7BrN2OS/c6-8(5(7)9)4-1-2-10-3-4/h1-2,4H,3H2,(H2,7,9). The molecule has 0 radical (unpaired) electrons. The molecule has 0 aliphatic carbocycles. The number of halogens is 1. The molecule has 10 heavy (non-hydrogen) atoms. The van der Waals surface area contributed by atoms with E-state index in [2.05, 4.69) is 16.1 Å². The van der Waals surface area contributed by atoms with Crippen LogP contribution in [0.3, 0.4) is 0 Å². The highest BCUT2D eigenvalue weighted by atomic mass is 79.9. The maximum atomic E-state index is 10.5. The van der Waals surface area contributed by atoms with E-state index in [-0.39, 0.29) is 6.04 Å². The second kappa shape index (κ2) is 3.30. The molecule has 0 aromatic heterocycles. The Morgan fingerprint density at radius 2 is 2.60 bits per heavy atom. The molecule has 1 aliphatic heterocycles. The first-order chi connectivity index (χ1) is 4.72. The molecule has 2 amide bonds. The maximum absolute atomic E-state index is 10.5. The van der Waals surface area contributed by atoms with Crippen LogP contribution in [0, 0.1) is 0 Å². The summed E-state index contributed by atoms with van der Waals surface area (Å²) < 4.78 is 1.35. The van der Waals surface area contributed by atoms with Crippen molar-refractivity contribution in [2.24, 2.45) is 5.73 Å². The van der Waals surface area contributed by atoms with Crippen LogP contribution >= 0.6 is 27.9 Å². The van der Waals surface area contributed by atoms with Gasteiger partial charge in [0.1, 0.15) is 0 Å². The van der Waals surface area contributed by atoms with Crippen LogP contribution in [0.2, 0.25) is 0 Å². The molecule has 0 spiro atoms. The van der Waals surface area contributed by atoms with Gasteiger partial charge in [-0.2, -0.15) is 0 Å². The summed E-state index contributed by atoms with van der Waals surface area (Å²) in [5.74, 6) is 0.883. The van der Waals surface area contributed by atoms with Gasteiger partial charge in [0.25, 0.3) is 0 Å². The molecular weight excluding hydrogens is 216 g/mol. The van der Waals surface area contributed by atoms with Crippen molar-refractivity contribution in [2.45, 2.75) is 6.04 Å². The summed E-state index contributed by atoms with van der Waals surface area (Å²) in [6.07, 6.45) is 1.93. The van der Waals surface area contributed by atoms with Gasteiger partial charge in [-0.1, -0.05) is 6.08 Å². The predicted molar refractivity (Wildman–Crippen MR) is 45.7 cm³/mol. The van der Waals surface area contributed by atoms with E-state index in [1.54, 1.807) is 11.8 Å². The number of carbonyl (C=O) groups is 1. The lowest BCUT2D eigenvalue weighted by atomic mass is 10.3. The third-order valence-corrected chi connectivity index (χ3v) is 2.92. The van der Waals surface area contributed by atoms with Crippen molar-refractivity contribution in [1.82, 2.24) is 3.93 Å². The van der Waals surface area contributed by atoms with Crippen LogP contribution in [-0.2, 0) is 0 Å². The Morgan fingerprint density at radius 1 is 1.90 bits per heavy atom. The molecule has 1 aliphatic rings. The van der Waals surface area contributed by atoms with Crippen molar-refractivity contribution in [2.75, 3.05) is 5.75 Å². The number of hydrogen-bond donors (Lipinski definition) is 1. The minimum atomic E-state index is -0.447. The van der Waals surface area contributed by atoms with Crippen molar-refractivity contribution >= 4 is 33.9 Å². The van der Waals surface area contributed by atoms with E-state index in [9.17, 15) is 4.79 Å². The summed E-state index contributed by atoms with van der Waals surface area (Å²) in [7, 11) is 0. The van der Waals surface area contributed by atoms with E-state index in [4.69, 9.17) is 5.73 Å². The van der Waals surface area contributed by atoms with Gasteiger partial charge >= 0.3 is 6.03 Å². The summed E-state index contributed by atoms with van der Waals surface area (Å²) in [4.78, 5) is 10.5. The Balaban J connectivity index is 2.48. The normalized spacial score (nSPS) is 23.1. The summed E-state index contributed by atoms with van der Waals surface area (Å²) >= 11 is 4.73. The predicted octanol–water partition coefficient (Wildman–Crippen LogP) is 1.31. The topological polar surface area (TPSA) is 46.3 Å². The molecule has 0 aromatic carbocycles. The molecule has 0 aromatic rings. The monoisotopic (exact) mass is 222 g/mol. The lowest BCUT2D eigenvalue weighted by Crippen LogP contribution is -2.35. The molecule has 56 valence electrons. The van der Waals surface area contributed by atoms with E-state index in [1.165, 1.54) is 3.93 Å². The third-order valence-electron chi connectivity index (χ3n) is 1.17. The van der Waals surface area contributed by atoms with Gasteiger partial charge in [0.2, 0.25) is 0 Å². The zero-order valence-corrected chi connectivity index (χ0v) is 7.56. The molecule has 0 saturated carbocycles. The Labute approximate surface area is 72.0 Å². The van der Waals surface area contributed by atoms with E-state index in [0.29, 0.717) is 0 Å². The molecule has 1 atom stereocenters. The molecule has 2 N–H and O–H groups in total. The van der Waals surface area contributed by atoms with Crippen molar-refractivity contribution in [3.05, 3.63) is 11.5 Å². The van der Waals surface area contributed by atoms with Crippen LogP contribution in [-0.4, -0.2) is 21.8 Å². The summed E-state index contributed by atoms with van der Waals surface area (Å²) in [6, 6.07) is -0.334. The zero-order valence-electron chi connectivity index (χ0n) is 5.16. The van der Waals surface area contributed by atoms with Crippen LogP contribution in [0.25, 0.3) is 0 Å². The van der Waals surface area contributed by atoms with Gasteiger partial charge in [0.05, 0.1) is 22.2 Å². The quantitative estimate of drug-likeness (QED) is 0.681. The molecule has 1 heterocycles. The number of carbonyl (C=O) groups excluding carboxylic acids is 1. The summed E-state index contributed by atoms with van der Waals surface area (Å²) in [5, 5.41) is 1.96. The van der Waals surface area contributed by atoms with Crippen molar-refractivity contribution < 1.29 is 4.79 Å². The minimum absolute atomic E-state index is 0.113. The highest BCUT2D eigenvalue weighted by molar-refractivity contribution is 9.07. The summed E-state index contributed by atoms with van der Waals surface area (Å²) in [6.45, 7) is 0. The van der Waals surface area contributed by atoms with Crippen molar-refractivity contribution in [3.63, 3.8) is 0 Å². The first-order valence-corrected chi connectivity index (χ1v) is 4.50. The van der Waals surface area contributed by atoms with Gasteiger partial charge in [-0.15, -0.1) is 11.8 Å². The second-order valence-electron chi connectivity index (χ2n) is 1.88. The fourth-order valence-corrected chi connectivity index (χ4v) is 1.99. The fourth-order valence-electron chi connectivity index (χ4n) is 0.660. The molecule has 0 fully saturated rings. The maximum Gasteiger partial charge on any atom is 0.325 e. The number of rotatable bonds is 1. The Kier molecular flexibility index (Phi) is 2.62. The number of nitrogens with zero attached hydrogens (tertiary/aromatic N) is 1. The van der Waals surface area contributed by atoms with Crippen LogP contribution in [0.4, 0.5) is 4.79 Å². The van der Waals surface area contributed by atoms with Gasteiger partial charge in [-0.3, -0.25) is 3.93 Å². The number of nitrogens with two attached hydrogens (primary N) is 1. The van der Waals surface area contributed by atoms with Gasteiger partial charge < -0.3 is 5.73 Å². The van der Waals surface area contributed by atoms with Crippen LogP contribution in [0.5, 0.6) is 0 Å². The smallest absolute Gasteiger partial charge is 0.325 e.